The van der Waals surface area contributed by atoms with Crippen LogP contribution in [0.25, 0.3) is 0 Å². The monoisotopic (exact) mass is 283 g/mol. The van der Waals surface area contributed by atoms with Gasteiger partial charge in [-0.2, -0.15) is 0 Å². The molecule has 114 valence electrons. The standard InChI is InChI=1S/C14H25N3O3/c1-14(2,17-8-6-15-7-9-17)13(20)16-11-5-3-4-10(11)12(18)19/h10-11,15H,3-9H2,1-2H3,(H,16,20)(H,18,19). The van der Waals surface area contributed by atoms with E-state index < -0.39 is 17.4 Å². The number of aliphatic carboxylic acids is 1. The van der Waals surface area contributed by atoms with Crippen molar-refractivity contribution in [2.24, 2.45) is 5.92 Å². The van der Waals surface area contributed by atoms with Crippen LogP contribution in [0.4, 0.5) is 0 Å². The maximum absolute atomic E-state index is 12.5. The number of carbonyl (C=O) groups excluding carboxylic acids is 1. The molecule has 1 aliphatic carbocycles. The summed E-state index contributed by atoms with van der Waals surface area (Å²) in [5.41, 5.74) is -0.590. The molecule has 0 bridgehead atoms. The highest BCUT2D eigenvalue weighted by molar-refractivity contribution is 5.86. The summed E-state index contributed by atoms with van der Waals surface area (Å²) in [6.07, 6.45) is 2.30. The number of hydrogen-bond donors (Lipinski definition) is 3. The summed E-state index contributed by atoms with van der Waals surface area (Å²) in [5.74, 6) is -1.29. The van der Waals surface area contributed by atoms with Crippen LogP contribution in [0.2, 0.25) is 0 Å². The van der Waals surface area contributed by atoms with E-state index in [1.165, 1.54) is 0 Å². The molecule has 2 unspecified atom stereocenters. The number of hydrogen-bond acceptors (Lipinski definition) is 4. The lowest BCUT2D eigenvalue weighted by atomic mass is 9.97. The number of nitrogens with one attached hydrogen (secondary N) is 2. The molecule has 0 aromatic carbocycles. The van der Waals surface area contributed by atoms with Crippen molar-refractivity contribution in [3.05, 3.63) is 0 Å². The molecule has 20 heavy (non-hydrogen) atoms. The van der Waals surface area contributed by atoms with Gasteiger partial charge in [-0.05, 0) is 26.7 Å². The average molecular weight is 283 g/mol. The predicted molar refractivity (Wildman–Crippen MR) is 75.4 cm³/mol. The fourth-order valence-electron chi connectivity index (χ4n) is 3.14. The van der Waals surface area contributed by atoms with Crippen molar-refractivity contribution >= 4 is 11.9 Å². The first-order valence-corrected chi connectivity index (χ1v) is 7.42. The fourth-order valence-corrected chi connectivity index (χ4v) is 3.14. The van der Waals surface area contributed by atoms with E-state index in [1.54, 1.807) is 0 Å². The van der Waals surface area contributed by atoms with Gasteiger partial charge < -0.3 is 15.7 Å². The second kappa shape index (κ2) is 6.10. The van der Waals surface area contributed by atoms with Gasteiger partial charge in [-0.15, -0.1) is 0 Å². The number of rotatable bonds is 4. The summed E-state index contributed by atoms with van der Waals surface area (Å²) in [5, 5.41) is 15.4. The van der Waals surface area contributed by atoms with E-state index >= 15 is 0 Å². The van der Waals surface area contributed by atoms with Gasteiger partial charge >= 0.3 is 5.97 Å². The third kappa shape index (κ3) is 3.12. The van der Waals surface area contributed by atoms with Gasteiger partial charge in [-0.1, -0.05) is 6.42 Å². The molecule has 0 spiro atoms. The number of carboxylic acids is 1. The number of nitrogens with zero attached hydrogens (tertiary/aromatic N) is 1. The molecule has 0 aromatic heterocycles. The van der Waals surface area contributed by atoms with Crippen LogP contribution in [0.1, 0.15) is 33.1 Å². The highest BCUT2D eigenvalue weighted by Crippen LogP contribution is 2.27. The van der Waals surface area contributed by atoms with Crippen molar-refractivity contribution in [2.45, 2.75) is 44.7 Å². The molecular weight excluding hydrogens is 258 g/mol. The Morgan fingerprint density at radius 2 is 1.90 bits per heavy atom. The van der Waals surface area contributed by atoms with Crippen LogP contribution in [0.15, 0.2) is 0 Å². The number of carboxylic acid groups (broad SMARTS) is 1. The minimum absolute atomic E-state index is 0.0578. The molecule has 1 saturated carbocycles. The Bertz CT molecular complexity index is 378. The Labute approximate surface area is 119 Å². The smallest absolute Gasteiger partial charge is 0.308 e. The molecule has 2 rings (SSSR count). The third-order valence-corrected chi connectivity index (χ3v) is 4.61. The van der Waals surface area contributed by atoms with Crippen LogP contribution in [0.5, 0.6) is 0 Å². The Kier molecular flexibility index (Phi) is 4.65. The summed E-state index contributed by atoms with van der Waals surface area (Å²) in [4.78, 5) is 25.9. The molecule has 6 nitrogen and oxygen atoms in total. The summed E-state index contributed by atoms with van der Waals surface area (Å²) < 4.78 is 0. The Hall–Kier alpha value is -1.14. The first-order chi connectivity index (χ1) is 9.43. The molecule has 6 heteroatoms. The maximum Gasteiger partial charge on any atom is 0.308 e. The third-order valence-electron chi connectivity index (χ3n) is 4.61. The highest BCUT2D eigenvalue weighted by atomic mass is 16.4. The van der Waals surface area contributed by atoms with Crippen LogP contribution in [0.3, 0.4) is 0 Å². The van der Waals surface area contributed by atoms with Gasteiger partial charge in [0.2, 0.25) is 5.91 Å². The zero-order valence-corrected chi connectivity index (χ0v) is 12.3. The van der Waals surface area contributed by atoms with Gasteiger partial charge in [-0.3, -0.25) is 14.5 Å². The zero-order chi connectivity index (χ0) is 14.8. The molecule has 2 atom stereocenters. The minimum Gasteiger partial charge on any atom is -0.481 e. The van der Waals surface area contributed by atoms with E-state index in [0.29, 0.717) is 6.42 Å². The molecule has 1 aliphatic heterocycles. The lowest BCUT2D eigenvalue weighted by molar-refractivity contribution is -0.143. The highest BCUT2D eigenvalue weighted by Gasteiger charge is 2.40. The Morgan fingerprint density at radius 1 is 1.25 bits per heavy atom. The second-order valence-corrected chi connectivity index (χ2v) is 6.25. The molecule has 2 aliphatic rings. The van der Waals surface area contributed by atoms with E-state index in [4.69, 9.17) is 0 Å². The molecule has 1 heterocycles. The summed E-state index contributed by atoms with van der Waals surface area (Å²) in [6.45, 7) is 7.29. The number of carbonyl (C=O) groups is 2. The minimum atomic E-state index is -0.798. The van der Waals surface area contributed by atoms with Crippen molar-refractivity contribution < 1.29 is 14.7 Å². The van der Waals surface area contributed by atoms with Crippen molar-refractivity contribution in [1.82, 2.24) is 15.5 Å². The number of piperazine rings is 1. The van der Waals surface area contributed by atoms with Crippen molar-refractivity contribution in [1.29, 1.82) is 0 Å². The molecule has 0 aromatic rings. The molecule has 0 radical (unpaired) electrons. The molecule has 1 saturated heterocycles. The number of amides is 1. The summed E-state index contributed by atoms with van der Waals surface area (Å²) in [6, 6.07) is -0.220. The molecule has 2 fully saturated rings. The van der Waals surface area contributed by atoms with Gasteiger partial charge in [0.05, 0.1) is 11.5 Å². The first-order valence-electron chi connectivity index (χ1n) is 7.42. The second-order valence-electron chi connectivity index (χ2n) is 6.25. The molecular formula is C14H25N3O3. The molecule has 1 amide bonds. The predicted octanol–water partition coefficient (Wildman–Crippen LogP) is 0.0397. The van der Waals surface area contributed by atoms with Gasteiger partial charge in [0, 0.05) is 32.2 Å². The normalized spacial score (nSPS) is 28.3. The first kappa shape index (κ1) is 15.3. The Morgan fingerprint density at radius 3 is 2.50 bits per heavy atom. The van der Waals surface area contributed by atoms with Gasteiger partial charge in [0.15, 0.2) is 0 Å². The van der Waals surface area contributed by atoms with Crippen molar-refractivity contribution in [2.75, 3.05) is 26.2 Å². The average Bonchev–Trinajstić information content (AvgIpc) is 2.88. The van der Waals surface area contributed by atoms with E-state index in [-0.39, 0.29) is 11.9 Å². The van der Waals surface area contributed by atoms with Crippen LogP contribution >= 0.6 is 0 Å². The lowest BCUT2D eigenvalue weighted by Crippen LogP contribution is -2.61. The topological polar surface area (TPSA) is 81.7 Å². The van der Waals surface area contributed by atoms with Crippen molar-refractivity contribution in [3.63, 3.8) is 0 Å². The van der Waals surface area contributed by atoms with Crippen LogP contribution in [0, 0.1) is 5.92 Å². The summed E-state index contributed by atoms with van der Waals surface area (Å²) >= 11 is 0. The lowest BCUT2D eigenvalue weighted by Gasteiger charge is -2.40. The van der Waals surface area contributed by atoms with Crippen molar-refractivity contribution in [3.8, 4) is 0 Å². The molecule has 3 N–H and O–H groups in total. The van der Waals surface area contributed by atoms with Gasteiger partial charge in [0.25, 0.3) is 0 Å². The zero-order valence-electron chi connectivity index (χ0n) is 12.3. The largest absolute Gasteiger partial charge is 0.481 e. The SMILES string of the molecule is CC(C)(C(=O)NC1CCCC1C(=O)O)N1CCNCC1. The summed E-state index contributed by atoms with van der Waals surface area (Å²) in [7, 11) is 0. The van der Waals surface area contributed by atoms with Gasteiger partial charge in [0.1, 0.15) is 0 Å². The van der Waals surface area contributed by atoms with Crippen LogP contribution < -0.4 is 10.6 Å². The van der Waals surface area contributed by atoms with E-state index in [0.717, 1.165) is 39.0 Å². The van der Waals surface area contributed by atoms with E-state index in [1.807, 2.05) is 13.8 Å². The van der Waals surface area contributed by atoms with Gasteiger partial charge in [-0.25, -0.2) is 0 Å². The van der Waals surface area contributed by atoms with E-state index in [9.17, 15) is 14.7 Å². The fraction of sp³-hybridized carbons (Fsp3) is 0.857. The Balaban J connectivity index is 1.97. The maximum atomic E-state index is 12.5. The van der Waals surface area contributed by atoms with Crippen LogP contribution in [-0.2, 0) is 9.59 Å². The van der Waals surface area contributed by atoms with Crippen LogP contribution in [-0.4, -0.2) is 59.6 Å². The quantitative estimate of drug-likeness (QED) is 0.679. The van der Waals surface area contributed by atoms with E-state index in [2.05, 4.69) is 15.5 Å².